The van der Waals surface area contributed by atoms with Gasteiger partial charge in [0.25, 0.3) is 0 Å². The van der Waals surface area contributed by atoms with E-state index in [1.807, 2.05) is 6.08 Å². The minimum atomic E-state index is -1.20. The first-order chi connectivity index (χ1) is 13.3. The summed E-state index contributed by atoms with van der Waals surface area (Å²) in [4.78, 5) is 36.6. The largest absolute Gasteiger partial charge is 0.481 e. The van der Waals surface area contributed by atoms with Gasteiger partial charge < -0.3 is 15.3 Å². The number of allylic oxidation sites excluding steroid dienone is 2. The molecule has 6 nitrogen and oxygen atoms in total. The SMILES string of the molecule is CCCCCCC1C=CC2(CCCCCCC2C(=O)O)C(C(=O)O)C1C(=O)O. The van der Waals surface area contributed by atoms with Crippen LogP contribution >= 0.6 is 0 Å². The molecule has 5 atom stereocenters. The molecule has 0 aromatic rings. The Morgan fingerprint density at radius 2 is 1.64 bits per heavy atom. The van der Waals surface area contributed by atoms with Crippen molar-refractivity contribution in [3.63, 3.8) is 0 Å². The van der Waals surface area contributed by atoms with Gasteiger partial charge in [-0.1, -0.05) is 70.4 Å². The molecule has 0 amide bonds. The van der Waals surface area contributed by atoms with Gasteiger partial charge in [0, 0.05) is 5.41 Å². The van der Waals surface area contributed by atoms with Crippen LogP contribution in [-0.2, 0) is 14.4 Å². The monoisotopic (exact) mass is 394 g/mol. The average molecular weight is 395 g/mol. The van der Waals surface area contributed by atoms with Crippen molar-refractivity contribution in [1.29, 1.82) is 0 Å². The molecule has 28 heavy (non-hydrogen) atoms. The van der Waals surface area contributed by atoms with E-state index in [0.29, 0.717) is 19.3 Å². The fourth-order valence-electron chi connectivity index (χ4n) is 5.40. The minimum Gasteiger partial charge on any atom is -0.481 e. The van der Waals surface area contributed by atoms with Crippen LogP contribution in [0.2, 0.25) is 0 Å². The van der Waals surface area contributed by atoms with E-state index < -0.39 is 41.1 Å². The van der Waals surface area contributed by atoms with Crippen LogP contribution in [0.3, 0.4) is 0 Å². The quantitative estimate of drug-likeness (QED) is 0.410. The van der Waals surface area contributed by atoms with Crippen LogP contribution in [0.1, 0.15) is 77.6 Å². The molecule has 2 aliphatic carbocycles. The Hall–Kier alpha value is -1.85. The van der Waals surface area contributed by atoms with Crippen molar-refractivity contribution in [1.82, 2.24) is 0 Å². The zero-order valence-corrected chi connectivity index (χ0v) is 16.8. The van der Waals surface area contributed by atoms with Crippen LogP contribution in [0.15, 0.2) is 12.2 Å². The van der Waals surface area contributed by atoms with Crippen molar-refractivity contribution in [3.05, 3.63) is 12.2 Å². The molecule has 1 saturated carbocycles. The molecule has 1 fully saturated rings. The molecule has 0 saturated heterocycles. The summed E-state index contributed by atoms with van der Waals surface area (Å²) in [5.74, 6) is -6.81. The van der Waals surface area contributed by atoms with Gasteiger partial charge in [0.05, 0.1) is 17.8 Å². The second-order valence-electron chi connectivity index (χ2n) is 8.51. The van der Waals surface area contributed by atoms with Gasteiger partial charge in [-0.05, 0) is 25.2 Å². The number of unbranched alkanes of at least 4 members (excludes halogenated alkanes) is 3. The van der Waals surface area contributed by atoms with Crippen LogP contribution in [0.4, 0.5) is 0 Å². The summed E-state index contributed by atoms with van der Waals surface area (Å²) in [6.45, 7) is 2.10. The lowest BCUT2D eigenvalue weighted by molar-refractivity contribution is -0.168. The normalized spacial score (nSPS) is 33.2. The summed E-state index contributed by atoms with van der Waals surface area (Å²) in [7, 11) is 0. The first-order valence-electron chi connectivity index (χ1n) is 10.7. The number of carbonyl (C=O) groups is 3. The van der Waals surface area contributed by atoms with E-state index in [-0.39, 0.29) is 5.92 Å². The summed E-state index contributed by atoms with van der Waals surface area (Å²) in [6.07, 6.45) is 12.4. The first kappa shape index (κ1) is 22.4. The number of carboxylic acid groups (broad SMARTS) is 3. The van der Waals surface area contributed by atoms with E-state index in [2.05, 4.69) is 6.92 Å². The highest BCUT2D eigenvalue weighted by Crippen LogP contribution is 2.54. The van der Waals surface area contributed by atoms with Crippen LogP contribution < -0.4 is 0 Å². The summed E-state index contributed by atoms with van der Waals surface area (Å²) in [5.41, 5.74) is -1.12. The highest BCUT2D eigenvalue weighted by molar-refractivity contribution is 5.84. The van der Waals surface area contributed by atoms with Gasteiger partial charge in [0.2, 0.25) is 0 Å². The number of rotatable bonds is 8. The standard InChI is InChI=1S/C22H34O6/c1-2-3-4-7-10-15-12-14-22(18(21(27)28)17(15)20(25)26)13-9-6-5-8-11-16(22)19(23)24/h12,14-18H,2-11,13H2,1H3,(H,23,24)(H,25,26)(H,27,28). The molecule has 1 spiro atoms. The first-order valence-corrected chi connectivity index (χ1v) is 10.7. The molecule has 3 N–H and O–H groups in total. The molecule has 5 unspecified atom stereocenters. The Bertz CT molecular complexity index is 598. The van der Waals surface area contributed by atoms with E-state index in [1.165, 1.54) is 0 Å². The third-order valence-electron chi connectivity index (χ3n) is 6.79. The molecule has 0 aromatic carbocycles. The van der Waals surface area contributed by atoms with Crippen LogP contribution in [0.5, 0.6) is 0 Å². The average Bonchev–Trinajstić information content (AvgIpc) is 2.61. The maximum absolute atomic E-state index is 12.3. The second-order valence-corrected chi connectivity index (χ2v) is 8.51. The highest BCUT2D eigenvalue weighted by Gasteiger charge is 2.57. The molecular weight excluding hydrogens is 360 g/mol. The Morgan fingerprint density at radius 3 is 2.25 bits per heavy atom. The fraction of sp³-hybridized carbons (Fsp3) is 0.773. The van der Waals surface area contributed by atoms with Crippen molar-refractivity contribution in [3.8, 4) is 0 Å². The van der Waals surface area contributed by atoms with E-state index in [9.17, 15) is 29.7 Å². The van der Waals surface area contributed by atoms with Gasteiger partial charge in [-0.15, -0.1) is 0 Å². The molecule has 0 heterocycles. The van der Waals surface area contributed by atoms with Gasteiger partial charge in [-0.3, -0.25) is 14.4 Å². The van der Waals surface area contributed by atoms with Crippen molar-refractivity contribution < 1.29 is 29.7 Å². The zero-order valence-electron chi connectivity index (χ0n) is 16.8. The Kier molecular flexibility index (Phi) is 8.08. The number of hydrogen-bond donors (Lipinski definition) is 3. The van der Waals surface area contributed by atoms with Gasteiger partial charge >= 0.3 is 17.9 Å². The summed E-state index contributed by atoms with van der Waals surface area (Å²) >= 11 is 0. The molecule has 0 aromatic heterocycles. The Balaban J connectivity index is 2.45. The van der Waals surface area contributed by atoms with Gasteiger partial charge in [-0.25, -0.2) is 0 Å². The van der Waals surface area contributed by atoms with Gasteiger partial charge in [0.15, 0.2) is 0 Å². The maximum atomic E-state index is 12.3. The Morgan fingerprint density at radius 1 is 0.929 bits per heavy atom. The van der Waals surface area contributed by atoms with Crippen molar-refractivity contribution in [2.75, 3.05) is 0 Å². The van der Waals surface area contributed by atoms with E-state index in [4.69, 9.17) is 0 Å². The lowest BCUT2D eigenvalue weighted by Gasteiger charge is -2.48. The number of hydrogen-bond acceptors (Lipinski definition) is 3. The highest BCUT2D eigenvalue weighted by atomic mass is 16.4. The topological polar surface area (TPSA) is 112 Å². The molecule has 6 heteroatoms. The fourth-order valence-corrected chi connectivity index (χ4v) is 5.40. The lowest BCUT2D eigenvalue weighted by atomic mass is 9.53. The predicted octanol–water partition coefficient (Wildman–Crippen LogP) is 4.59. The molecule has 0 bridgehead atoms. The lowest BCUT2D eigenvalue weighted by Crippen LogP contribution is -2.53. The summed E-state index contributed by atoms with van der Waals surface area (Å²) < 4.78 is 0. The van der Waals surface area contributed by atoms with Gasteiger partial charge in [0.1, 0.15) is 0 Å². The van der Waals surface area contributed by atoms with Crippen LogP contribution in [-0.4, -0.2) is 33.2 Å². The second kappa shape index (κ2) is 10.1. The number of carboxylic acids is 3. The van der Waals surface area contributed by atoms with E-state index in [0.717, 1.165) is 51.4 Å². The molecule has 2 aliphatic rings. The molecule has 2 rings (SSSR count). The smallest absolute Gasteiger partial charge is 0.308 e. The number of aliphatic carboxylic acids is 3. The van der Waals surface area contributed by atoms with Crippen molar-refractivity contribution in [2.45, 2.75) is 77.6 Å². The Labute approximate surface area is 167 Å². The molecule has 0 radical (unpaired) electrons. The summed E-state index contributed by atoms with van der Waals surface area (Å²) in [5, 5.41) is 29.9. The third kappa shape index (κ3) is 4.76. The summed E-state index contributed by atoms with van der Waals surface area (Å²) in [6, 6.07) is 0. The molecule has 0 aliphatic heterocycles. The van der Waals surface area contributed by atoms with Crippen molar-refractivity contribution >= 4 is 17.9 Å². The van der Waals surface area contributed by atoms with Crippen LogP contribution in [0, 0.1) is 29.1 Å². The zero-order chi connectivity index (χ0) is 20.7. The molecule has 158 valence electrons. The van der Waals surface area contributed by atoms with E-state index in [1.54, 1.807) is 6.08 Å². The third-order valence-corrected chi connectivity index (χ3v) is 6.79. The van der Waals surface area contributed by atoms with Gasteiger partial charge in [-0.2, -0.15) is 0 Å². The van der Waals surface area contributed by atoms with E-state index >= 15 is 0 Å². The molecular formula is C22H34O6. The minimum absolute atomic E-state index is 0.360. The maximum Gasteiger partial charge on any atom is 0.308 e. The van der Waals surface area contributed by atoms with Crippen LogP contribution in [0.25, 0.3) is 0 Å². The van der Waals surface area contributed by atoms with Crippen molar-refractivity contribution in [2.24, 2.45) is 29.1 Å². The predicted molar refractivity (Wildman–Crippen MR) is 105 cm³/mol.